The van der Waals surface area contributed by atoms with Crippen LogP contribution in [0.2, 0.25) is 0 Å². The predicted octanol–water partition coefficient (Wildman–Crippen LogP) is 3.97. The van der Waals surface area contributed by atoms with Crippen LogP contribution in [0.25, 0.3) is 0 Å². The second-order valence-corrected chi connectivity index (χ2v) is 8.15. The van der Waals surface area contributed by atoms with Crippen LogP contribution in [0.15, 0.2) is 42.6 Å². The van der Waals surface area contributed by atoms with Crippen molar-refractivity contribution in [3.05, 3.63) is 53.7 Å². The molecular formula is C23H34N4O2. The van der Waals surface area contributed by atoms with Crippen LogP contribution in [0.1, 0.15) is 44.2 Å². The predicted molar refractivity (Wildman–Crippen MR) is 120 cm³/mol. The van der Waals surface area contributed by atoms with Crippen molar-refractivity contribution in [3.63, 3.8) is 0 Å². The maximum Gasteiger partial charge on any atom is 0.309 e. The van der Waals surface area contributed by atoms with Gasteiger partial charge in [-0.1, -0.05) is 31.2 Å². The van der Waals surface area contributed by atoms with Gasteiger partial charge in [-0.15, -0.1) is 0 Å². The monoisotopic (exact) mass is 398 g/mol. The van der Waals surface area contributed by atoms with Crippen LogP contribution >= 0.6 is 0 Å². The molecule has 0 saturated heterocycles. The van der Waals surface area contributed by atoms with Crippen molar-refractivity contribution in [1.29, 1.82) is 0 Å². The smallest absolute Gasteiger partial charge is 0.309 e. The number of hydrogen-bond donors (Lipinski definition) is 4. The van der Waals surface area contributed by atoms with Gasteiger partial charge in [0.2, 0.25) is 0 Å². The van der Waals surface area contributed by atoms with Crippen LogP contribution in [0, 0.1) is 5.41 Å². The Kier molecular flexibility index (Phi) is 8.46. The molecule has 0 saturated carbocycles. The summed E-state index contributed by atoms with van der Waals surface area (Å²) in [6.45, 7) is 8.43. The largest absolute Gasteiger partial charge is 0.481 e. The second kappa shape index (κ2) is 10.8. The quantitative estimate of drug-likeness (QED) is 0.405. The summed E-state index contributed by atoms with van der Waals surface area (Å²) < 4.78 is 0. The molecule has 1 aromatic carbocycles. The van der Waals surface area contributed by atoms with Crippen molar-refractivity contribution in [1.82, 2.24) is 10.3 Å². The van der Waals surface area contributed by atoms with Gasteiger partial charge in [-0.05, 0) is 62.4 Å². The minimum atomic E-state index is -0.764. The van der Waals surface area contributed by atoms with E-state index in [1.807, 2.05) is 31.3 Å². The molecule has 1 atom stereocenters. The van der Waals surface area contributed by atoms with E-state index in [2.05, 4.69) is 40.0 Å². The first-order chi connectivity index (χ1) is 13.8. The fourth-order valence-corrected chi connectivity index (χ4v) is 3.22. The zero-order valence-corrected chi connectivity index (χ0v) is 18.0. The van der Waals surface area contributed by atoms with E-state index in [1.165, 1.54) is 5.56 Å². The molecule has 0 aliphatic rings. The van der Waals surface area contributed by atoms with Crippen LogP contribution in [-0.2, 0) is 11.2 Å². The van der Waals surface area contributed by atoms with Crippen LogP contribution < -0.4 is 16.0 Å². The Labute approximate surface area is 174 Å². The van der Waals surface area contributed by atoms with Gasteiger partial charge in [-0.3, -0.25) is 4.79 Å². The lowest BCUT2D eigenvalue weighted by molar-refractivity contribution is -0.146. The number of pyridine rings is 1. The van der Waals surface area contributed by atoms with Crippen molar-refractivity contribution < 1.29 is 9.90 Å². The van der Waals surface area contributed by atoms with Crippen molar-refractivity contribution in [2.75, 3.05) is 37.3 Å². The third-order valence-corrected chi connectivity index (χ3v) is 5.09. The molecule has 2 aromatic rings. The normalized spacial score (nSPS) is 12.4. The Morgan fingerprint density at radius 1 is 1.21 bits per heavy atom. The van der Waals surface area contributed by atoms with Crippen molar-refractivity contribution in [3.8, 4) is 0 Å². The highest BCUT2D eigenvalue weighted by Crippen LogP contribution is 2.24. The van der Waals surface area contributed by atoms with Gasteiger partial charge in [0.15, 0.2) is 0 Å². The highest BCUT2D eigenvalue weighted by atomic mass is 16.4. The van der Waals surface area contributed by atoms with Gasteiger partial charge in [0.25, 0.3) is 0 Å². The molecule has 1 unspecified atom stereocenters. The SMILES string of the molecule is CNc1ncccc1NCCCNCC(C)c1cccc(CC(C)(C)C(=O)O)c1. The Bertz CT molecular complexity index is 792. The first-order valence-corrected chi connectivity index (χ1v) is 10.2. The molecular weight excluding hydrogens is 364 g/mol. The molecule has 2 rings (SSSR count). The number of rotatable bonds is 12. The lowest BCUT2D eigenvalue weighted by atomic mass is 9.85. The first kappa shape index (κ1) is 22.7. The molecule has 4 N–H and O–H groups in total. The fraction of sp³-hybridized carbons (Fsp3) is 0.478. The van der Waals surface area contributed by atoms with E-state index in [9.17, 15) is 9.90 Å². The number of benzene rings is 1. The van der Waals surface area contributed by atoms with Crippen molar-refractivity contribution in [2.45, 2.75) is 39.5 Å². The molecule has 6 heteroatoms. The number of carboxylic acids is 1. The standard InChI is InChI=1S/C23H34N4O2/c1-17(19-9-5-8-18(14-19)15-23(2,3)22(28)29)16-25-11-7-13-26-20-10-6-12-27-21(20)24-4/h5-6,8-10,12,14,17,25-26H,7,11,13,15-16H2,1-4H3,(H,24,27)(H,28,29). The third kappa shape index (κ3) is 7.06. The molecule has 0 aliphatic heterocycles. The number of aliphatic carboxylic acids is 1. The van der Waals surface area contributed by atoms with Gasteiger partial charge in [-0.25, -0.2) is 4.98 Å². The molecule has 0 fully saturated rings. The molecule has 158 valence electrons. The summed E-state index contributed by atoms with van der Waals surface area (Å²) in [4.78, 5) is 15.7. The molecule has 0 spiro atoms. The molecule has 0 aliphatic carbocycles. The number of nitrogens with zero attached hydrogens (tertiary/aromatic N) is 1. The fourth-order valence-electron chi connectivity index (χ4n) is 3.22. The van der Waals surface area contributed by atoms with Crippen LogP contribution in [0.4, 0.5) is 11.5 Å². The number of nitrogens with one attached hydrogen (secondary N) is 3. The van der Waals surface area contributed by atoms with Crippen LogP contribution in [0.5, 0.6) is 0 Å². The van der Waals surface area contributed by atoms with Crippen LogP contribution in [-0.4, -0.2) is 42.7 Å². The third-order valence-electron chi connectivity index (χ3n) is 5.09. The van der Waals surface area contributed by atoms with Crippen molar-refractivity contribution in [2.24, 2.45) is 5.41 Å². The Hall–Kier alpha value is -2.60. The Balaban J connectivity index is 1.74. The van der Waals surface area contributed by atoms with E-state index in [0.717, 1.165) is 43.1 Å². The highest BCUT2D eigenvalue weighted by molar-refractivity contribution is 5.74. The molecule has 0 radical (unpaired) electrons. The number of hydrogen-bond acceptors (Lipinski definition) is 5. The summed E-state index contributed by atoms with van der Waals surface area (Å²) in [5, 5.41) is 19.4. The van der Waals surface area contributed by atoms with E-state index in [-0.39, 0.29) is 0 Å². The Morgan fingerprint density at radius 2 is 2.00 bits per heavy atom. The van der Waals surface area contributed by atoms with Gasteiger partial charge in [0, 0.05) is 26.3 Å². The van der Waals surface area contributed by atoms with E-state index in [1.54, 1.807) is 20.0 Å². The topological polar surface area (TPSA) is 86.3 Å². The molecule has 1 heterocycles. The van der Waals surface area contributed by atoms with Gasteiger partial charge in [-0.2, -0.15) is 0 Å². The van der Waals surface area contributed by atoms with Gasteiger partial charge in [0.1, 0.15) is 5.82 Å². The molecule has 0 amide bonds. The molecule has 29 heavy (non-hydrogen) atoms. The highest BCUT2D eigenvalue weighted by Gasteiger charge is 2.27. The lowest BCUT2D eigenvalue weighted by Crippen LogP contribution is -2.26. The second-order valence-electron chi connectivity index (χ2n) is 8.15. The summed E-state index contributed by atoms with van der Waals surface area (Å²) in [5.74, 6) is 0.462. The Morgan fingerprint density at radius 3 is 2.72 bits per heavy atom. The average Bonchev–Trinajstić information content (AvgIpc) is 2.70. The number of aromatic nitrogens is 1. The summed E-state index contributed by atoms with van der Waals surface area (Å²) in [7, 11) is 1.87. The minimum absolute atomic E-state index is 0.366. The average molecular weight is 399 g/mol. The summed E-state index contributed by atoms with van der Waals surface area (Å²) >= 11 is 0. The van der Waals surface area contributed by atoms with Gasteiger partial charge >= 0.3 is 5.97 Å². The number of anilines is 2. The summed E-state index contributed by atoms with van der Waals surface area (Å²) in [5.41, 5.74) is 2.57. The minimum Gasteiger partial charge on any atom is -0.481 e. The zero-order chi connectivity index (χ0) is 21.3. The van der Waals surface area contributed by atoms with Crippen molar-refractivity contribution >= 4 is 17.5 Å². The summed E-state index contributed by atoms with van der Waals surface area (Å²) in [6, 6.07) is 12.2. The molecule has 0 bridgehead atoms. The van der Waals surface area contributed by atoms with Crippen LogP contribution in [0.3, 0.4) is 0 Å². The van der Waals surface area contributed by atoms with E-state index >= 15 is 0 Å². The maximum atomic E-state index is 11.4. The van der Waals surface area contributed by atoms with E-state index in [4.69, 9.17) is 0 Å². The lowest BCUT2D eigenvalue weighted by Gasteiger charge is -2.20. The maximum absolute atomic E-state index is 11.4. The molecule has 6 nitrogen and oxygen atoms in total. The number of carboxylic acid groups (broad SMARTS) is 1. The summed E-state index contributed by atoms with van der Waals surface area (Å²) in [6.07, 6.45) is 3.32. The van der Waals surface area contributed by atoms with Gasteiger partial charge in [0.05, 0.1) is 11.1 Å². The molecule has 1 aromatic heterocycles. The first-order valence-electron chi connectivity index (χ1n) is 10.2. The zero-order valence-electron chi connectivity index (χ0n) is 18.0. The number of carbonyl (C=O) groups is 1. The van der Waals surface area contributed by atoms with Gasteiger partial charge < -0.3 is 21.1 Å². The van der Waals surface area contributed by atoms with E-state index < -0.39 is 11.4 Å². The van der Waals surface area contributed by atoms with E-state index in [0.29, 0.717) is 12.3 Å².